The number of hydrogen-bond donors (Lipinski definition) is 10. The van der Waals surface area contributed by atoms with Gasteiger partial charge >= 0.3 is 60.2 Å². The van der Waals surface area contributed by atoms with Crippen molar-refractivity contribution in [3.05, 3.63) is 82.4 Å². The number of aryl methyl sites for hydroxylation is 2. The van der Waals surface area contributed by atoms with Crippen molar-refractivity contribution >= 4 is 85.0 Å². The van der Waals surface area contributed by atoms with Crippen LogP contribution in [0, 0.1) is 13.8 Å². The van der Waals surface area contributed by atoms with Crippen LogP contribution in [0.15, 0.2) is 54.6 Å². The van der Waals surface area contributed by atoms with Gasteiger partial charge in [-0.15, -0.1) is 24.8 Å². The fraction of sp³-hybridized carbons (Fsp3) is 0.562. The molecule has 4 amide bonds. The lowest BCUT2D eigenvalue weighted by atomic mass is 10.0. The molecule has 12 N–H and O–H groups in total. The van der Waals surface area contributed by atoms with E-state index in [1.807, 2.05) is 32.0 Å². The third kappa shape index (κ3) is 43.3. The van der Waals surface area contributed by atoms with Crippen molar-refractivity contribution in [1.29, 1.82) is 0 Å². The van der Waals surface area contributed by atoms with Gasteiger partial charge in [-0.2, -0.15) is 0 Å². The molecule has 32 heteroatoms. The van der Waals surface area contributed by atoms with Crippen LogP contribution in [0.2, 0.25) is 0 Å². The maximum Gasteiger partial charge on any atom is 0.408 e. The van der Waals surface area contributed by atoms with Crippen molar-refractivity contribution in [2.45, 2.75) is 195 Å². The Labute approximate surface area is 571 Å². The van der Waals surface area contributed by atoms with E-state index < -0.39 is 127 Å². The molecule has 3 atom stereocenters. The zero-order chi connectivity index (χ0) is 71.6. The number of nitrogens with two attached hydrogens (primary N) is 2. The molecule has 0 radical (unpaired) electrons. The molecule has 0 aliphatic rings. The normalized spacial score (nSPS) is 11.8. The first-order valence-corrected chi connectivity index (χ1v) is 30.0. The predicted molar refractivity (Wildman–Crippen MR) is 352 cm³/mol. The Morgan fingerprint density at radius 1 is 0.417 bits per heavy atom. The minimum absolute atomic E-state index is 0. The highest BCUT2D eigenvalue weighted by atomic mass is 35.5. The van der Waals surface area contributed by atoms with E-state index in [9.17, 15) is 68.4 Å². The van der Waals surface area contributed by atoms with E-state index in [1.165, 1.54) is 36.4 Å². The van der Waals surface area contributed by atoms with Crippen molar-refractivity contribution in [2.75, 3.05) is 40.0 Å². The summed E-state index contributed by atoms with van der Waals surface area (Å²) in [6.45, 7) is 23.5. The molecule has 0 saturated carbocycles. The number of carbonyl (C=O) groups is 10. The van der Waals surface area contributed by atoms with Gasteiger partial charge in [-0.25, -0.2) is 28.8 Å². The van der Waals surface area contributed by atoms with E-state index in [1.54, 1.807) is 83.1 Å². The number of alkyl carbamates (subject to hydrolysis) is 4. The number of aromatic hydroxyl groups is 4. The fourth-order valence-electron chi connectivity index (χ4n) is 7.12. The van der Waals surface area contributed by atoms with Gasteiger partial charge in [0.25, 0.3) is 0 Å². The molecular weight excluding hydrogens is 1310 g/mol. The Bertz CT molecular complexity index is 2830. The van der Waals surface area contributed by atoms with Crippen LogP contribution in [0.1, 0.15) is 149 Å². The fourth-order valence-corrected chi connectivity index (χ4v) is 7.12. The number of nitrogens with one attached hydrogen (secondary N) is 4. The van der Waals surface area contributed by atoms with E-state index in [4.69, 9.17) is 54.1 Å². The molecule has 0 saturated heterocycles. The van der Waals surface area contributed by atoms with Crippen molar-refractivity contribution < 1.29 is 116 Å². The second-order valence-corrected chi connectivity index (χ2v) is 24.9. The quantitative estimate of drug-likeness (QED) is 0.0110. The number of phenols is 4. The molecular formula is C64H98Cl2N6O24. The molecule has 0 bridgehead atoms. The maximum atomic E-state index is 12.7. The topological polar surface area (TPSA) is 444 Å². The Morgan fingerprint density at radius 2 is 0.740 bits per heavy atom. The highest BCUT2D eigenvalue weighted by molar-refractivity contribution is 5.86. The van der Waals surface area contributed by atoms with Gasteiger partial charge < -0.3 is 101 Å². The average Bonchev–Trinajstić information content (AvgIpc) is 0.910. The number of hydrogen-bond acceptors (Lipinski definition) is 26. The predicted octanol–water partition coefficient (Wildman–Crippen LogP) is 7.56. The molecule has 0 spiro atoms. The first-order chi connectivity index (χ1) is 43.5. The summed E-state index contributed by atoms with van der Waals surface area (Å²) in [5, 5.41) is 47.7. The summed E-state index contributed by atoms with van der Waals surface area (Å²) in [5.74, 6) is -5.47. The molecule has 0 aliphatic heterocycles. The number of phenolic OH excluding ortho intramolecular Hbond substituents is 4. The van der Waals surface area contributed by atoms with E-state index in [0.717, 1.165) is 16.7 Å². The highest BCUT2D eigenvalue weighted by Gasteiger charge is 2.29. The van der Waals surface area contributed by atoms with Crippen LogP contribution in [0.5, 0.6) is 23.0 Å². The molecule has 96 heavy (non-hydrogen) atoms. The second kappa shape index (κ2) is 44.1. The molecule has 3 aromatic carbocycles. The van der Waals surface area contributed by atoms with Crippen molar-refractivity contribution in [3.8, 4) is 23.0 Å². The first kappa shape index (κ1) is 89.3. The summed E-state index contributed by atoms with van der Waals surface area (Å²) in [6.07, 6.45) is -1.41. The minimum Gasteiger partial charge on any atom is -0.504 e. The van der Waals surface area contributed by atoms with Gasteiger partial charge in [0.2, 0.25) is 20.4 Å². The Balaban J connectivity index is 0. The molecule has 0 fully saturated rings. The Morgan fingerprint density at radius 3 is 1.08 bits per heavy atom. The largest absolute Gasteiger partial charge is 0.504 e. The number of ether oxygens (including phenoxy) is 10. The number of halogens is 2. The lowest BCUT2D eigenvalue weighted by Crippen LogP contribution is -2.45. The summed E-state index contributed by atoms with van der Waals surface area (Å²) in [7, 11) is 0. The molecule has 0 aromatic heterocycles. The first-order valence-electron chi connectivity index (χ1n) is 30.0. The summed E-state index contributed by atoms with van der Waals surface area (Å²) in [6, 6.07) is 10.5. The summed E-state index contributed by atoms with van der Waals surface area (Å²) >= 11 is 0. The van der Waals surface area contributed by atoms with E-state index >= 15 is 0 Å². The van der Waals surface area contributed by atoms with Gasteiger partial charge in [-0.3, -0.25) is 19.2 Å². The Hall–Kier alpha value is -8.74. The second-order valence-electron chi connectivity index (χ2n) is 24.9. The zero-order valence-electron chi connectivity index (χ0n) is 57.0. The van der Waals surface area contributed by atoms with Crippen molar-refractivity contribution in [1.82, 2.24) is 21.3 Å². The smallest absolute Gasteiger partial charge is 0.408 e. The summed E-state index contributed by atoms with van der Waals surface area (Å²) in [5.41, 5.74) is 12.0. The molecule has 30 nitrogen and oxygen atoms in total. The van der Waals surface area contributed by atoms with E-state index in [-0.39, 0.29) is 100 Å². The third-order valence-corrected chi connectivity index (χ3v) is 11.5. The van der Waals surface area contributed by atoms with Gasteiger partial charge in [0.15, 0.2) is 23.0 Å². The van der Waals surface area contributed by atoms with Gasteiger partial charge in [-0.05, 0) is 181 Å². The number of carbonyl (C=O) groups excluding carboxylic acids is 10. The van der Waals surface area contributed by atoms with Gasteiger partial charge in [-0.1, -0.05) is 30.3 Å². The maximum absolute atomic E-state index is 12.7. The molecule has 3 rings (SSSR count). The van der Waals surface area contributed by atoms with Crippen LogP contribution in [0.3, 0.4) is 0 Å². The summed E-state index contributed by atoms with van der Waals surface area (Å²) in [4.78, 5) is 119. The number of benzene rings is 3. The number of esters is 6. The van der Waals surface area contributed by atoms with Crippen LogP contribution in [0.4, 0.5) is 19.2 Å². The summed E-state index contributed by atoms with van der Waals surface area (Å²) < 4.78 is 49.9. The van der Waals surface area contributed by atoms with Crippen LogP contribution in [-0.4, -0.2) is 161 Å². The minimum atomic E-state index is -1.24. The number of amides is 4. The zero-order valence-corrected chi connectivity index (χ0v) is 58.6. The lowest BCUT2D eigenvalue weighted by Gasteiger charge is -2.23. The van der Waals surface area contributed by atoms with E-state index in [2.05, 4.69) is 26.0 Å². The molecule has 0 heterocycles. The van der Waals surface area contributed by atoms with Crippen molar-refractivity contribution in [2.24, 2.45) is 11.5 Å². The molecule has 0 unspecified atom stereocenters. The van der Waals surface area contributed by atoms with Crippen LogP contribution < -0.4 is 32.7 Å². The number of rotatable bonds is 28. The SMILES string of the molecule is CC(C)(C)OC(=O)NCCCC(=O)OCOC(=O)[C@H](Cc1ccc(O)c(O)c1)NC(=O)OC(C)(C)C.Cc1ccc(C[C@H](NC(=O)OC(C)(C)C)C(=O)OCOC(=O)CCCNC(=O)OC(C)(C)C)cc1C.Cl.Cl.NCCCC(=O)OCOC(=O)[C@@H](N)Cc1ccc(O)c(O)c1. The van der Waals surface area contributed by atoms with Gasteiger partial charge in [0.1, 0.15) is 40.5 Å². The average molecular weight is 1410 g/mol. The van der Waals surface area contributed by atoms with Crippen LogP contribution in [-0.2, 0) is 95.4 Å². The van der Waals surface area contributed by atoms with Crippen molar-refractivity contribution in [3.63, 3.8) is 0 Å². The third-order valence-electron chi connectivity index (χ3n) is 11.5. The van der Waals surface area contributed by atoms with Crippen LogP contribution >= 0.6 is 24.8 Å². The van der Waals surface area contributed by atoms with Crippen LogP contribution in [0.25, 0.3) is 0 Å². The van der Waals surface area contributed by atoms with Gasteiger partial charge in [0.05, 0.1) is 0 Å². The standard InChI is InChI=1S/C26H40N2O8.C24H36N2O10.C14H20N2O6.2ClH/c1-17-11-12-19(14-18(17)2)15-20(28-24(32)36-26(6,7)8)22(30)34-16-33-21(29)10-9-13-27-23(31)35-25(3,4)5;1-23(2,3)35-21(31)25-11-7-8-19(29)33-14-34-20(30)16(26-22(32)36-24(4,5)6)12-15-9-10-17(27)18(28)13-15;15-5-1-2-13(19)21-8-22-14(20)10(16)6-9-3-4-11(17)12(18)7-9;;/h11-12,14,20H,9-10,13,15-16H2,1-8H3,(H,27,31)(H,28,32);9-10,13,16,27-28H,7-8,11-12,14H2,1-6H3,(H,25,31)(H,26,32);3-4,7,10,17-18H,1-2,5-6,8,15-16H2;2*1H/t20-;16-;10-;;/m000../s1. The van der Waals surface area contributed by atoms with Gasteiger partial charge in [0, 0.05) is 45.2 Å². The molecule has 542 valence electrons. The Kier molecular flexibility index (Phi) is 41.0. The molecule has 0 aliphatic carbocycles. The lowest BCUT2D eigenvalue weighted by molar-refractivity contribution is -0.170. The molecule has 3 aromatic rings. The monoisotopic (exact) mass is 1400 g/mol. The van der Waals surface area contributed by atoms with E-state index in [0.29, 0.717) is 30.5 Å². The highest BCUT2D eigenvalue weighted by Crippen LogP contribution is 2.27.